The van der Waals surface area contributed by atoms with E-state index in [1.165, 1.54) is 6.07 Å². The van der Waals surface area contributed by atoms with Crippen LogP contribution in [0, 0.1) is 0 Å². The number of nitrogens with zero attached hydrogens (tertiary/aromatic N) is 3. The van der Waals surface area contributed by atoms with E-state index in [9.17, 15) is 13.6 Å². The number of esters is 1. The Morgan fingerprint density at radius 2 is 1.88 bits per heavy atom. The van der Waals surface area contributed by atoms with E-state index in [1.807, 2.05) is 18.3 Å². The van der Waals surface area contributed by atoms with Gasteiger partial charge in [-0.15, -0.1) is 0 Å². The number of benzene rings is 1. The van der Waals surface area contributed by atoms with E-state index < -0.39 is 12.6 Å². The molecule has 0 aliphatic rings. The van der Waals surface area contributed by atoms with Crippen molar-refractivity contribution >= 4 is 11.6 Å². The van der Waals surface area contributed by atoms with Crippen molar-refractivity contribution < 1.29 is 27.8 Å². The average molecular weight is 453 g/mol. The van der Waals surface area contributed by atoms with Crippen LogP contribution in [-0.2, 0) is 11.2 Å². The van der Waals surface area contributed by atoms with Crippen molar-refractivity contribution in [2.45, 2.75) is 20.0 Å². The summed E-state index contributed by atoms with van der Waals surface area (Å²) in [6, 6.07) is 13.7. The molecular formula is C24H21F2N3O4. The number of hydrogen-bond donors (Lipinski definition) is 0. The maximum Gasteiger partial charge on any atom is 0.387 e. The molecule has 0 saturated carbocycles. The maximum atomic E-state index is 12.9. The van der Waals surface area contributed by atoms with Gasteiger partial charge in [-0.3, -0.25) is 0 Å². The fourth-order valence-corrected chi connectivity index (χ4v) is 3.51. The molecule has 0 N–H and O–H groups in total. The van der Waals surface area contributed by atoms with Gasteiger partial charge >= 0.3 is 12.6 Å². The SMILES string of the molecule is CCOC(=O)c1nc2ccc(-c3ccc(OC)nc3)cn2c1Cc1ccccc1OC(F)F. The summed E-state index contributed by atoms with van der Waals surface area (Å²) >= 11 is 0. The van der Waals surface area contributed by atoms with Crippen LogP contribution in [0.5, 0.6) is 11.6 Å². The molecule has 9 heteroatoms. The maximum absolute atomic E-state index is 12.9. The van der Waals surface area contributed by atoms with E-state index in [4.69, 9.17) is 9.47 Å². The third-order valence-corrected chi connectivity index (χ3v) is 5.01. The molecule has 0 atom stereocenters. The molecule has 7 nitrogen and oxygen atoms in total. The molecule has 0 saturated heterocycles. The van der Waals surface area contributed by atoms with Gasteiger partial charge in [-0.25, -0.2) is 14.8 Å². The number of rotatable bonds is 8. The number of imidazole rings is 1. The Morgan fingerprint density at radius 1 is 1.09 bits per heavy atom. The highest BCUT2D eigenvalue weighted by molar-refractivity contribution is 5.90. The fraction of sp³-hybridized carbons (Fsp3) is 0.208. The summed E-state index contributed by atoms with van der Waals surface area (Å²) in [7, 11) is 1.54. The van der Waals surface area contributed by atoms with Gasteiger partial charge < -0.3 is 18.6 Å². The van der Waals surface area contributed by atoms with Crippen LogP contribution in [0.25, 0.3) is 16.8 Å². The summed E-state index contributed by atoms with van der Waals surface area (Å²) in [5.74, 6) is -0.0627. The first kappa shape index (κ1) is 22.2. The van der Waals surface area contributed by atoms with Crippen molar-refractivity contribution in [1.29, 1.82) is 0 Å². The molecule has 0 aliphatic heterocycles. The van der Waals surface area contributed by atoms with Gasteiger partial charge in [0.2, 0.25) is 5.88 Å². The lowest BCUT2D eigenvalue weighted by atomic mass is 10.1. The standard InChI is InChI=1S/C24H21F2N3O4/c1-3-32-23(30)22-18(12-15-6-4-5-7-19(15)33-24(25)26)29-14-17(8-10-20(29)28-22)16-9-11-21(31-2)27-13-16/h4-11,13-14,24H,3,12H2,1-2H3. The van der Waals surface area contributed by atoms with E-state index in [0.717, 1.165) is 11.1 Å². The van der Waals surface area contributed by atoms with Crippen molar-refractivity contribution in [1.82, 2.24) is 14.4 Å². The van der Waals surface area contributed by atoms with Crippen LogP contribution < -0.4 is 9.47 Å². The van der Waals surface area contributed by atoms with E-state index in [0.29, 0.717) is 22.8 Å². The number of pyridine rings is 2. The lowest BCUT2D eigenvalue weighted by Gasteiger charge is -2.12. The number of methoxy groups -OCH3 is 1. The van der Waals surface area contributed by atoms with Crippen molar-refractivity contribution in [2.24, 2.45) is 0 Å². The van der Waals surface area contributed by atoms with E-state index in [1.54, 1.807) is 55.0 Å². The molecule has 0 amide bonds. The molecule has 0 aliphatic carbocycles. The number of ether oxygens (including phenoxy) is 3. The Bertz CT molecular complexity index is 1270. The molecule has 4 aromatic rings. The summed E-state index contributed by atoms with van der Waals surface area (Å²) in [4.78, 5) is 21.3. The minimum atomic E-state index is -2.97. The Hall–Kier alpha value is -4.01. The van der Waals surface area contributed by atoms with E-state index >= 15 is 0 Å². The smallest absolute Gasteiger partial charge is 0.387 e. The van der Waals surface area contributed by atoms with Crippen molar-refractivity contribution in [3.63, 3.8) is 0 Å². The number of carbonyl (C=O) groups excluding carboxylic acids is 1. The zero-order valence-electron chi connectivity index (χ0n) is 18.0. The normalized spacial score (nSPS) is 11.1. The second-order valence-corrected chi connectivity index (χ2v) is 7.03. The van der Waals surface area contributed by atoms with Crippen LogP contribution >= 0.6 is 0 Å². The summed E-state index contributed by atoms with van der Waals surface area (Å²) < 4.78 is 42.5. The highest BCUT2D eigenvalue weighted by atomic mass is 19.3. The highest BCUT2D eigenvalue weighted by Crippen LogP contribution is 2.28. The Labute approximate surface area is 188 Å². The third-order valence-electron chi connectivity index (χ3n) is 5.01. The predicted octanol–water partition coefficient (Wildman–Crippen LogP) is 4.77. The van der Waals surface area contributed by atoms with Gasteiger partial charge in [-0.05, 0) is 31.2 Å². The summed E-state index contributed by atoms with van der Waals surface area (Å²) in [6.07, 6.45) is 3.62. The molecule has 0 bridgehead atoms. The van der Waals surface area contributed by atoms with Crippen molar-refractivity contribution in [2.75, 3.05) is 13.7 Å². The Kier molecular flexibility index (Phi) is 6.48. The van der Waals surface area contributed by atoms with Gasteiger partial charge in [0.05, 0.1) is 19.4 Å². The molecule has 0 spiro atoms. The van der Waals surface area contributed by atoms with E-state index in [-0.39, 0.29) is 24.5 Å². The number of alkyl halides is 2. The van der Waals surface area contributed by atoms with Gasteiger partial charge in [0.1, 0.15) is 11.4 Å². The number of fused-ring (bicyclic) bond motifs is 1. The monoisotopic (exact) mass is 453 g/mol. The topological polar surface area (TPSA) is 75.0 Å². The zero-order valence-corrected chi connectivity index (χ0v) is 18.0. The minimum Gasteiger partial charge on any atom is -0.481 e. The van der Waals surface area contributed by atoms with E-state index in [2.05, 4.69) is 14.7 Å². The summed E-state index contributed by atoms with van der Waals surface area (Å²) in [6.45, 7) is -1.08. The molecule has 0 fully saturated rings. The average Bonchev–Trinajstić information content (AvgIpc) is 3.18. The van der Waals surface area contributed by atoms with Crippen LogP contribution in [0.3, 0.4) is 0 Å². The van der Waals surface area contributed by atoms with Crippen LogP contribution in [0.1, 0.15) is 28.7 Å². The Balaban J connectivity index is 1.83. The molecule has 1 aromatic carbocycles. The summed E-state index contributed by atoms with van der Waals surface area (Å²) in [5, 5.41) is 0. The first-order chi connectivity index (χ1) is 16.0. The Morgan fingerprint density at radius 3 is 2.58 bits per heavy atom. The second-order valence-electron chi connectivity index (χ2n) is 7.03. The lowest BCUT2D eigenvalue weighted by Crippen LogP contribution is -2.10. The third kappa shape index (κ3) is 4.77. The molecule has 4 rings (SSSR count). The van der Waals surface area contributed by atoms with Gasteiger partial charge in [-0.2, -0.15) is 8.78 Å². The molecular weight excluding hydrogens is 432 g/mol. The molecule has 0 radical (unpaired) electrons. The fourth-order valence-electron chi connectivity index (χ4n) is 3.51. The molecule has 3 aromatic heterocycles. The first-order valence-electron chi connectivity index (χ1n) is 10.2. The number of aromatic nitrogens is 3. The predicted molar refractivity (Wildman–Crippen MR) is 117 cm³/mol. The zero-order chi connectivity index (χ0) is 23.4. The minimum absolute atomic E-state index is 0.0350. The number of carbonyl (C=O) groups is 1. The van der Waals surface area contributed by atoms with Gasteiger partial charge in [0, 0.05) is 41.6 Å². The lowest BCUT2D eigenvalue weighted by molar-refractivity contribution is -0.0504. The molecule has 170 valence electrons. The number of hydrogen-bond acceptors (Lipinski definition) is 6. The number of halogens is 2. The van der Waals surface area contributed by atoms with Crippen LogP contribution in [0.2, 0.25) is 0 Å². The quantitative estimate of drug-likeness (QED) is 0.358. The molecule has 0 unspecified atom stereocenters. The molecule has 33 heavy (non-hydrogen) atoms. The highest BCUT2D eigenvalue weighted by Gasteiger charge is 2.22. The number of para-hydroxylation sites is 1. The van der Waals surface area contributed by atoms with Crippen molar-refractivity contribution in [3.05, 3.63) is 77.9 Å². The first-order valence-corrected chi connectivity index (χ1v) is 10.2. The molecule has 3 heterocycles. The van der Waals surface area contributed by atoms with Crippen molar-refractivity contribution in [3.8, 4) is 22.8 Å². The second kappa shape index (κ2) is 9.64. The van der Waals surface area contributed by atoms with Crippen LogP contribution in [-0.4, -0.2) is 40.7 Å². The van der Waals surface area contributed by atoms with Crippen LogP contribution in [0.15, 0.2) is 60.9 Å². The van der Waals surface area contributed by atoms with Gasteiger partial charge in [0.25, 0.3) is 0 Å². The summed E-state index contributed by atoms with van der Waals surface area (Å²) in [5.41, 5.74) is 3.28. The van der Waals surface area contributed by atoms with Gasteiger partial charge in [-0.1, -0.05) is 18.2 Å². The van der Waals surface area contributed by atoms with Crippen LogP contribution in [0.4, 0.5) is 8.78 Å². The largest absolute Gasteiger partial charge is 0.481 e. The van der Waals surface area contributed by atoms with Gasteiger partial charge in [0.15, 0.2) is 5.69 Å².